The molecule has 2 rings (SSSR count). The van der Waals surface area contributed by atoms with Crippen molar-refractivity contribution in [3.8, 4) is 0 Å². The summed E-state index contributed by atoms with van der Waals surface area (Å²) in [7, 11) is 0. The highest BCUT2D eigenvalue weighted by atomic mass is 16.3. The summed E-state index contributed by atoms with van der Waals surface area (Å²) in [6, 6.07) is 7.63. The Kier molecular flexibility index (Phi) is 6.22. The van der Waals surface area contributed by atoms with Crippen molar-refractivity contribution in [2.75, 3.05) is 6.54 Å². The fraction of sp³-hybridized carbons (Fsp3) is 0.600. The van der Waals surface area contributed by atoms with Gasteiger partial charge >= 0.3 is 0 Å². The van der Waals surface area contributed by atoms with Gasteiger partial charge in [-0.05, 0) is 37.7 Å². The van der Waals surface area contributed by atoms with Gasteiger partial charge in [-0.25, -0.2) is 0 Å². The summed E-state index contributed by atoms with van der Waals surface area (Å²) in [5.74, 6) is -0.0689. The number of aryl methyl sites for hydroxylation is 1. The van der Waals surface area contributed by atoms with E-state index in [4.69, 9.17) is 0 Å². The molecule has 1 aromatic rings. The highest BCUT2D eigenvalue weighted by molar-refractivity contribution is 5.90. The molecule has 2 unspecified atom stereocenters. The van der Waals surface area contributed by atoms with Crippen LogP contribution in [0.5, 0.6) is 0 Å². The number of carbonyl (C=O) groups is 2. The smallest absolute Gasteiger partial charge is 0.242 e. The number of likely N-dealkylation sites (tertiary alicyclic amines) is 1. The molecule has 2 amide bonds. The molecule has 2 atom stereocenters. The van der Waals surface area contributed by atoms with Crippen LogP contribution >= 0.6 is 0 Å². The molecule has 2 N–H and O–H groups in total. The van der Waals surface area contributed by atoms with Gasteiger partial charge in [-0.1, -0.05) is 43.7 Å². The van der Waals surface area contributed by atoms with Gasteiger partial charge in [0.2, 0.25) is 11.8 Å². The molecule has 138 valence electrons. The molecule has 0 saturated carbocycles. The van der Waals surface area contributed by atoms with Crippen LogP contribution in [0.1, 0.15) is 51.2 Å². The Balaban J connectivity index is 1.97. The predicted octanol–water partition coefficient (Wildman–Crippen LogP) is 2.40. The van der Waals surface area contributed by atoms with E-state index >= 15 is 0 Å². The van der Waals surface area contributed by atoms with E-state index in [9.17, 15) is 14.7 Å². The molecule has 0 spiro atoms. The van der Waals surface area contributed by atoms with Crippen molar-refractivity contribution >= 4 is 11.8 Å². The predicted molar refractivity (Wildman–Crippen MR) is 97.8 cm³/mol. The fourth-order valence-corrected chi connectivity index (χ4v) is 3.41. The largest absolute Gasteiger partial charge is 0.393 e. The summed E-state index contributed by atoms with van der Waals surface area (Å²) in [6.45, 7) is 8.76. The third-order valence-electron chi connectivity index (χ3n) is 4.69. The normalized spacial score (nSPS) is 19.2. The molecule has 1 aliphatic heterocycles. The number of hydrogen-bond donors (Lipinski definition) is 2. The maximum Gasteiger partial charge on any atom is 0.242 e. The number of hydrogen-bond acceptors (Lipinski definition) is 3. The lowest BCUT2D eigenvalue weighted by Crippen LogP contribution is -2.47. The first-order chi connectivity index (χ1) is 11.7. The summed E-state index contributed by atoms with van der Waals surface area (Å²) >= 11 is 0. The Morgan fingerprint density at radius 2 is 2.00 bits per heavy atom. The number of nitrogens with one attached hydrogen (secondary N) is 1. The zero-order chi connectivity index (χ0) is 18.6. The van der Waals surface area contributed by atoms with E-state index in [-0.39, 0.29) is 17.2 Å². The maximum absolute atomic E-state index is 12.6. The molecule has 1 saturated heterocycles. The van der Waals surface area contributed by atoms with E-state index in [2.05, 4.69) is 5.32 Å². The van der Waals surface area contributed by atoms with Crippen molar-refractivity contribution in [2.24, 2.45) is 5.41 Å². The minimum atomic E-state index is -0.406. The van der Waals surface area contributed by atoms with Gasteiger partial charge in [0, 0.05) is 19.5 Å². The molecule has 1 heterocycles. The van der Waals surface area contributed by atoms with Crippen molar-refractivity contribution < 1.29 is 14.7 Å². The van der Waals surface area contributed by atoms with Crippen molar-refractivity contribution in [2.45, 2.75) is 65.6 Å². The number of aliphatic hydroxyl groups is 1. The molecule has 1 aliphatic rings. The first-order valence-corrected chi connectivity index (χ1v) is 8.99. The monoisotopic (exact) mass is 346 g/mol. The highest BCUT2D eigenvalue weighted by Gasteiger charge is 2.36. The lowest BCUT2D eigenvalue weighted by atomic mass is 9.87. The minimum Gasteiger partial charge on any atom is -0.393 e. The van der Waals surface area contributed by atoms with E-state index in [1.54, 1.807) is 11.8 Å². The van der Waals surface area contributed by atoms with Gasteiger partial charge < -0.3 is 15.3 Å². The Labute approximate surface area is 150 Å². The number of aliphatic hydroxyl groups excluding tert-OH is 1. The molecule has 0 bridgehead atoms. The molecule has 5 nitrogen and oxygen atoms in total. The van der Waals surface area contributed by atoms with E-state index in [1.807, 2.05) is 45.0 Å². The van der Waals surface area contributed by atoms with Crippen molar-refractivity contribution in [1.82, 2.24) is 10.2 Å². The number of benzene rings is 1. The summed E-state index contributed by atoms with van der Waals surface area (Å²) in [4.78, 5) is 26.5. The van der Waals surface area contributed by atoms with Crippen molar-refractivity contribution in [3.05, 3.63) is 35.4 Å². The maximum atomic E-state index is 12.6. The molecule has 5 heteroatoms. The molecule has 1 fully saturated rings. The zero-order valence-electron chi connectivity index (χ0n) is 15.7. The SMILES string of the molecule is Cc1ccc(CN2C(=O)CCC2C(=O)NCC(C)(C)CC(C)O)cc1. The highest BCUT2D eigenvalue weighted by Crippen LogP contribution is 2.24. The van der Waals surface area contributed by atoms with Crippen LogP contribution < -0.4 is 5.32 Å². The van der Waals surface area contributed by atoms with Crippen LogP contribution in [-0.2, 0) is 16.1 Å². The first-order valence-electron chi connectivity index (χ1n) is 8.99. The minimum absolute atomic E-state index is 0.0314. The second-order valence-corrected chi connectivity index (χ2v) is 8.00. The van der Waals surface area contributed by atoms with Gasteiger partial charge in [0.25, 0.3) is 0 Å². The van der Waals surface area contributed by atoms with Crippen molar-refractivity contribution in [3.63, 3.8) is 0 Å². The average molecular weight is 346 g/mol. The number of nitrogens with zero attached hydrogens (tertiary/aromatic N) is 1. The summed E-state index contributed by atoms with van der Waals surface area (Å²) < 4.78 is 0. The van der Waals surface area contributed by atoms with E-state index < -0.39 is 12.1 Å². The quantitative estimate of drug-likeness (QED) is 0.796. The fourth-order valence-electron chi connectivity index (χ4n) is 3.41. The van der Waals surface area contributed by atoms with Crippen LogP contribution in [0.25, 0.3) is 0 Å². The molecular formula is C20H30N2O3. The Hall–Kier alpha value is -1.88. The molecular weight excluding hydrogens is 316 g/mol. The lowest BCUT2D eigenvalue weighted by Gasteiger charge is -2.29. The summed E-state index contributed by atoms with van der Waals surface area (Å²) in [6.07, 6.45) is 1.19. The van der Waals surface area contributed by atoms with E-state index in [0.717, 1.165) is 5.56 Å². The first kappa shape index (κ1) is 19.4. The number of carbonyl (C=O) groups excluding carboxylic acids is 2. The Morgan fingerprint density at radius 3 is 2.60 bits per heavy atom. The Bertz CT molecular complexity index is 608. The lowest BCUT2D eigenvalue weighted by molar-refractivity contribution is -0.136. The molecule has 0 aromatic heterocycles. The van der Waals surface area contributed by atoms with Gasteiger partial charge in [0.1, 0.15) is 6.04 Å². The topological polar surface area (TPSA) is 69.6 Å². The summed E-state index contributed by atoms with van der Waals surface area (Å²) in [5, 5.41) is 12.5. The van der Waals surface area contributed by atoms with Crippen LogP contribution in [0, 0.1) is 12.3 Å². The third kappa shape index (κ3) is 5.56. The van der Waals surface area contributed by atoms with E-state index in [1.165, 1.54) is 5.56 Å². The second kappa shape index (κ2) is 8.00. The summed E-state index contributed by atoms with van der Waals surface area (Å²) in [5.41, 5.74) is 2.02. The molecule has 1 aromatic carbocycles. The van der Waals surface area contributed by atoms with Crippen LogP contribution in [0.2, 0.25) is 0 Å². The van der Waals surface area contributed by atoms with Crippen molar-refractivity contribution in [1.29, 1.82) is 0 Å². The van der Waals surface area contributed by atoms with Crippen LogP contribution in [0.3, 0.4) is 0 Å². The van der Waals surface area contributed by atoms with E-state index in [0.29, 0.717) is 32.4 Å². The standard InChI is InChI=1S/C20H30N2O3/c1-14-5-7-16(8-6-14)12-22-17(9-10-18(22)24)19(25)21-13-20(3,4)11-15(2)23/h5-8,15,17,23H,9-13H2,1-4H3,(H,21,25). The Morgan fingerprint density at radius 1 is 1.36 bits per heavy atom. The zero-order valence-corrected chi connectivity index (χ0v) is 15.7. The molecule has 0 radical (unpaired) electrons. The van der Waals surface area contributed by atoms with Gasteiger partial charge in [-0.3, -0.25) is 9.59 Å². The van der Waals surface area contributed by atoms with Crippen LogP contribution in [0.15, 0.2) is 24.3 Å². The van der Waals surface area contributed by atoms with Gasteiger partial charge in [-0.15, -0.1) is 0 Å². The number of rotatable bonds is 7. The van der Waals surface area contributed by atoms with Gasteiger partial charge in [0.05, 0.1) is 6.10 Å². The molecule has 25 heavy (non-hydrogen) atoms. The molecule has 0 aliphatic carbocycles. The van der Waals surface area contributed by atoms with Gasteiger partial charge in [-0.2, -0.15) is 0 Å². The second-order valence-electron chi connectivity index (χ2n) is 8.00. The van der Waals surface area contributed by atoms with Crippen LogP contribution in [-0.4, -0.2) is 40.5 Å². The number of amides is 2. The average Bonchev–Trinajstić information content (AvgIpc) is 2.87. The van der Waals surface area contributed by atoms with Crippen LogP contribution in [0.4, 0.5) is 0 Å². The third-order valence-corrected chi connectivity index (χ3v) is 4.69. The van der Waals surface area contributed by atoms with Gasteiger partial charge in [0.15, 0.2) is 0 Å².